The van der Waals surface area contributed by atoms with Crippen molar-refractivity contribution in [3.63, 3.8) is 0 Å². The van der Waals surface area contributed by atoms with Gasteiger partial charge in [-0.15, -0.1) is 0 Å². The Balaban J connectivity index is 1.81. The van der Waals surface area contributed by atoms with E-state index in [4.69, 9.17) is 16.6 Å². The Labute approximate surface area is 182 Å². The van der Waals surface area contributed by atoms with Crippen molar-refractivity contribution in [2.75, 3.05) is 27.2 Å². The number of H-pyrrole nitrogens is 1. The Hall–Kier alpha value is -2.64. The molecule has 3 rings (SSSR count). The number of aromatic nitrogens is 1. The van der Waals surface area contributed by atoms with Gasteiger partial charge in [0.2, 0.25) is 0 Å². The monoisotopic (exact) mass is 427 g/mol. The van der Waals surface area contributed by atoms with Gasteiger partial charge in [0.25, 0.3) is 5.56 Å². The molecule has 3 aromatic rings. The summed E-state index contributed by atoms with van der Waals surface area (Å²) in [7, 11) is 4.27. The number of rotatable bonds is 8. The van der Waals surface area contributed by atoms with Crippen LogP contribution in [0.1, 0.15) is 28.9 Å². The fourth-order valence-electron chi connectivity index (χ4n) is 3.38. The fraction of sp³-hybridized carbons (Fsp3) is 0.391. The Bertz CT molecular complexity index is 1060. The van der Waals surface area contributed by atoms with Crippen LogP contribution >= 0.6 is 12.2 Å². The first-order valence-corrected chi connectivity index (χ1v) is 10.7. The van der Waals surface area contributed by atoms with E-state index >= 15 is 0 Å². The second-order valence-electron chi connectivity index (χ2n) is 8.13. The van der Waals surface area contributed by atoms with Crippen LogP contribution in [-0.2, 0) is 13.1 Å². The number of furan rings is 1. The number of thiocarbonyl (C=S) groups is 1. The molecule has 0 atom stereocenters. The molecule has 0 aliphatic carbocycles. The van der Waals surface area contributed by atoms with Crippen LogP contribution in [0.5, 0.6) is 0 Å². The van der Waals surface area contributed by atoms with E-state index in [9.17, 15) is 4.79 Å². The third-order valence-corrected chi connectivity index (χ3v) is 5.64. The number of nitrogens with one attached hydrogen (secondary N) is 3. The Morgan fingerprint density at radius 1 is 1.20 bits per heavy atom. The third kappa shape index (κ3) is 5.70. The summed E-state index contributed by atoms with van der Waals surface area (Å²) in [4.78, 5) is 19.2. The lowest BCUT2D eigenvalue weighted by atomic mass is 10.0. The van der Waals surface area contributed by atoms with Crippen molar-refractivity contribution < 1.29 is 9.32 Å². The van der Waals surface area contributed by atoms with E-state index < -0.39 is 0 Å². The molecule has 6 nitrogen and oxygen atoms in total. The van der Waals surface area contributed by atoms with Crippen LogP contribution in [0.15, 0.2) is 45.8 Å². The van der Waals surface area contributed by atoms with Crippen LogP contribution in [0.3, 0.4) is 0 Å². The lowest BCUT2D eigenvalue weighted by Gasteiger charge is -2.25. The van der Waals surface area contributed by atoms with E-state index in [0.717, 1.165) is 41.7 Å². The van der Waals surface area contributed by atoms with Gasteiger partial charge in [-0.05, 0) is 72.9 Å². The molecule has 1 aromatic carbocycles. The van der Waals surface area contributed by atoms with Gasteiger partial charge in [-0.1, -0.05) is 0 Å². The van der Waals surface area contributed by atoms with Crippen LogP contribution in [0.2, 0.25) is 0 Å². The van der Waals surface area contributed by atoms with Gasteiger partial charge in [-0.3, -0.25) is 4.79 Å². The van der Waals surface area contributed by atoms with Gasteiger partial charge in [0.05, 0.1) is 40.0 Å². The zero-order chi connectivity index (χ0) is 21.7. The highest BCUT2D eigenvalue weighted by molar-refractivity contribution is 7.80. The molecule has 0 saturated heterocycles. The first-order chi connectivity index (χ1) is 14.3. The van der Waals surface area contributed by atoms with E-state index in [0.29, 0.717) is 23.8 Å². The standard InChI is InChI=1S/C23H30N4O2S/c1-16-11-18-13-19(22(28)25-21(18)12-17(16)2)14-27(15-20-7-5-10-29-20)23(30)24-8-6-9-26(3)4/h5,7,10-13H,6,8-9,14-15H2,1-4H3,(H,24,30)(H,25,28)/p+1. The molecule has 0 amide bonds. The van der Waals surface area contributed by atoms with E-state index in [1.807, 2.05) is 36.1 Å². The Kier molecular flexibility index (Phi) is 7.29. The Morgan fingerprint density at radius 2 is 1.97 bits per heavy atom. The van der Waals surface area contributed by atoms with Crippen molar-refractivity contribution in [3.05, 3.63) is 69.4 Å². The lowest BCUT2D eigenvalue weighted by molar-refractivity contribution is -0.858. The highest BCUT2D eigenvalue weighted by Crippen LogP contribution is 2.18. The van der Waals surface area contributed by atoms with Gasteiger partial charge < -0.3 is 24.5 Å². The number of hydrogen-bond acceptors (Lipinski definition) is 3. The minimum atomic E-state index is -0.0887. The fourth-order valence-corrected chi connectivity index (χ4v) is 3.62. The molecule has 3 N–H and O–H groups in total. The van der Waals surface area contributed by atoms with E-state index in [1.165, 1.54) is 10.5 Å². The number of quaternary nitrogens is 1. The van der Waals surface area contributed by atoms with Gasteiger partial charge in [0.15, 0.2) is 5.11 Å². The maximum Gasteiger partial charge on any atom is 0.253 e. The number of pyridine rings is 1. The summed E-state index contributed by atoms with van der Waals surface area (Å²) in [5.41, 5.74) is 3.81. The maximum absolute atomic E-state index is 12.8. The molecule has 0 radical (unpaired) electrons. The average molecular weight is 428 g/mol. The van der Waals surface area contributed by atoms with Crippen LogP contribution in [0.25, 0.3) is 10.9 Å². The van der Waals surface area contributed by atoms with Crippen molar-refractivity contribution in [1.29, 1.82) is 0 Å². The summed E-state index contributed by atoms with van der Waals surface area (Å²) in [6.07, 6.45) is 2.67. The van der Waals surface area contributed by atoms with Gasteiger partial charge in [-0.25, -0.2) is 0 Å². The second kappa shape index (κ2) is 9.91. The number of aryl methyl sites for hydroxylation is 2. The molecule has 30 heavy (non-hydrogen) atoms. The molecule has 0 fully saturated rings. The molecule has 0 spiro atoms. The van der Waals surface area contributed by atoms with Crippen molar-refractivity contribution >= 4 is 28.2 Å². The van der Waals surface area contributed by atoms with Crippen LogP contribution in [0, 0.1) is 13.8 Å². The van der Waals surface area contributed by atoms with Gasteiger partial charge >= 0.3 is 0 Å². The van der Waals surface area contributed by atoms with Crippen LogP contribution in [-0.4, -0.2) is 42.2 Å². The third-order valence-electron chi connectivity index (χ3n) is 5.24. The summed E-state index contributed by atoms with van der Waals surface area (Å²) in [5.74, 6) is 0.806. The summed E-state index contributed by atoms with van der Waals surface area (Å²) in [6.45, 7) is 6.90. The number of fused-ring (bicyclic) bond motifs is 1. The largest absolute Gasteiger partial charge is 0.467 e. The van der Waals surface area contributed by atoms with E-state index in [2.05, 4.69) is 37.4 Å². The summed E-state index contributed by atoms with van der Waals surface area (Å²) < 4.78 is 5.52. The molecule has 2 heterocycles. The van der Waals surface area contributed by atoms with Crippen LogP contribution < -0.4 is 15.8 Å². The van der Waals surface area contributed by atoms with Gasteiger partial charge in [0.1, 0.15) is 5.76 Å². The maximum atomic E-state index is 12.8. The summed E-state index contributed by atoms with van der Waals surface area (Å²) >= 11 is 5.66. The molecule has 160 valence electrons. The van der Waals surface area contributed by atoms with Crippen molar-refractivity contribution in [2.24, 2.45) is 0 Å². The number of aromatic amines is 1. The molecule has 0 unspecified atom stereocenters. The number of benzene rings is 1. The zero-order valence-corrected chi connectivity index (χ0v) is 19.0. The molecule has 0 bridgehead atoms. The first-order valence-electron chi connectivity index (χ1n) is 10.3. The van der Waals surface area contributed by atoms with Crippen LogP contribution in [0.4, 0.5) is 0 Å². The zero-order valence-electron chi connectivity index (χ0n) is 18.2. The predicted octanol–water partition coefficient (Wildman–Crippen LogP) is 2.15. The smallest absolute Gasteiger partial charge is 0.253 e. The predicted molar refractivity (Wildman–Crippen MR) is 125 cm³/mol. The minimum absolute atomic E-state index is 0.0887. The Morgan fingerprint density at radius 3 is 2.67 bits per heavy atom. The highest BCUT2D eigenvalue weighted by Gasteiger charge is 2.15. The SMILES string of the molecule is Cc1cc2cc(CN(Cc3ccco3)C(=S)NCCC[NH+](C)C)c(=O)[nH]c2cc1C. The molecule has 0 aliphatic rings. The molecule has 7 heteroatoms. The van der Waals surface area contributed by atoms with E-state index in [-0.39, 0.29) is 5.56 Å². The lowest BCUT2D eigenvalue weighted by Crippen LogP contribution is -3.05. The topological polar surface area (TPSA) is 65.7 Å². The summed E-state index contributed by atoms with van der Waals surface area (Å²) in [6, 6.07) is 9.88. The normalized spacial score (nSPS) is 11.2. The number of hydrogen-bond donors (Lipinski definition) is 3. The summed E-state index contributed by atoms with van der Waals surface area (Å²) in [5, 5.41) is 4.99. The van der Waals surface area contributed by atoms with E-state index in [1.54, 1.807) is 6.26 Å². The molecule has 2 aromatic heterocycles. The minimum Gasteiger partial charge on any atom is -0.467 e. The number of nitrogens with zero attached hydrogens (tertiary/aromatic N) is 1. The van der Waals surface area contributed by atoms with Gasteiger partial charge in [0, 0.05) is 24.0 Å². The van der Waals surface area contributed by atoms with Crippen molar-refractivity contribution in [1.82, 2.24) is 15.2 Å². The van der Waals surface area contributed by atoms with Crippen molar-refractivity contribution in [2.45, 2.75) is 33.4 Å². The highest BCUT2D eigenvalue weighted by atomic mass is 32.1. The van der Waals surface area contributed by atoms with Crippen molar-refractivity contribution in [3.8, 4) is 0 Å². The average Bonchev–Trinajstić information content (AvgIpc) is 3.19. The molecular weight excluding hydrogens is 396 g/mol. The quantitative estimate of drug-likeness (QED) is 0.380. The second-order valence-corrected chi connectivity index (χ2v) is 8.51. The first kappa shape index (κ1) is 22.1. The molecule has 0 aliphatic heterocycles. The van der Waals surface area contributed by atoms with Gasteiger partial charge in [-0.2, -0.15) is 0 Å². The molecule has 0 saturated carbocycles. The molecular formula is C23H31N4O2S+.